The predicted molar refractivity (Wildman–Crippen MR) is 48.4 cm³/mol. The highest BCUT2D eigenvalue weighted by Gasteiger charge is 2.11. The van der Waals surface area contributed by atoms with Crippen LogP contribution < -0.4 is 16.2 Å². The normalized spacial score (nSPS) is 9.64. The van der Waals surface area contributed by atoms with Gasteiger partial charge in [-0.3, -0.25) is 0 Å². The zero-order valence-electron chi connectivity index (χ0n) is 7.42. The van der Waals surface area contributed by atoms with Crippen molar-refractivity contribution < 1.29 is 13.5 Å². The average Bonchev–Trinajstić information content (AvgIpc) is 2.01. The van der Waals surface area contributed by atoms with Crippen molar-refractivity contribution in [1.82, 2.24) is 0 Å². The molecule has 1 aromatic rings. The second kappa shape index (κ2) is 3.91. The second-order valence-corrected chi connectivity index (χ2v) is 2.48. The second-order valence-electron chi connectivity index (χ2n) is 2.48. The van der Waals surface area contributed by atoms with Crippen LogP contribution in [-0.4, -0.2) is 13.1 Å². The number of aliphatic imine (C=N–C) groups is 1. The third kappa shape index (κ3) is 2.09. The third-order valence-electron chi connectivity index (χ3n) is 1.44. The first-order chi connectivity index (χ1) is 6.54. The van der Waals surface area contributed by atoms with Crippen molar-refractivity contribution in [1.29, 1.82) is 0 Å². The van der Waals surface area contributed by atoms with Gasteiger partial charge in [0.1, 0.15) is 11.5 Å². The van der Waals surface area contributed by atoms with Crippen molar-refractivity contribution in [2.45, 2.75) is 0 Å². The number of nitrogens with two attached hydrogens (primary N) is 2. The molecule has 0 saturated carbocycles. The van der Waals surface area contributed by atoms with Gasteiger partial charge in [0, 0.05) is 12.1 Å². The highest BCUT2D eigenvalue weighted by atomic mass is 19.1. The maximum Gasteiger partial charge on any atom is 0.191 e. The zero-order chi connectivity index (χ0) is 10.7. The molecule has 0 fully saturated rings. The number of benzene rings is 1. The Morgan fingerprint density at radius 3 is 2.50 bits per heavy atom. The molecule has 0 radical (unpaired) electrons. The van der Waals surface area contributed by atoms with Gasteiger partial charge in [0.15, 0.2) is 17.5 Å². The van der Waals surface area contributed by atoms with Gasteiger partial charge >= 0.3 is 0 Å². The summed E-state index contributed by atoms with van der Waals surface area (Å²) in [5, 5.41) is 0. The first-order valence-electron chi connectivity index (χ1n) is 3.67. The minimum Gasteiger partial charge on any atom is -0.491 e. The van der Waals surface area contributed by atoms with Gasteiger partial charge in [0.2, 0.25) is 0 Å². The van der Waals surface area contributed by atoms with Crippen molar-refractivity contribution in [3.05, 3.63) is 23.8 Å². The van der Waals surface area contributed by atoms with Crippen LogP contribution in [-0.2, 0) is 0 Å². The maximum absolute atomic E-state index is 13.0. The Bertz CT molecular complexity index is 375. The lowest BCUT2D eigenvalue weighted by Gasteiger charge is -2.05. The van der Waals surface area contributed by atoms with E-state index in [9.17, 15) is 8.78 Å². The van der Waals surface area contributed by atoms with E-state index in [1.54, 1.807) is 0 Å². The lowest BCUT2D eigenvalue weighted by Crippen LogP contribution is -2.22. The summed E-state index contributed by atoms with van der Waals surface area (Å²) in [7, 11) is 1.24. The number of methoxy groups -OCH3 is 1. The molecule has 4 N–H and O–H groups in total. The summed E-state index contributed by atoms with van der Waals surface area (Å²) < 4.78 is 30.5. The molecule has 1 rings (SSSR count). The van der Waals surface area contributed by atoms with Crippen molar-refractivity contribution in [3.63, 3.8) is 0 Å². The molecule has 0 heterocycles. The topological polar surface area (TPSA) is 73.6 Å². The Balaban J connectivity index is 3.32. The minimum atomic E-state index is -0.854. The van der Waals surface area contributed by atoms with Gasteiger partial charge in [-0.1, -0.05) is 0 Å². The zero-order valence-corrected chi connectivity index (χ0v) is 7.42. The molecule has 4 nitrogen and oxygen atoms in total. The van der Waals surface area contributed by atoms with Gasteiger partial charge in [-0.15, -0.1) is 0 Å². The average molecular weight is 201 g/mol. The number of hydrogen-bond donors (Lipinski definition) is 2. The highest BCUT2D eigenvalue weighted by Crippen LogP contribution is 2.31. The number of halogens is 2. The predicted octanol–water partition coefficient (Wildman–Crippen LogP) is 0.878. The SMILES string of the molecule is COc1c(F)cc(F)cc1N=C(N)N. The van der Waals surface area contributed by atoms with E-state index in [4.69, 9.17) is 11.5 Å². The molecule has 0 aliphatic rings. The van der Waals surface area contributed by atoms with Crippen LogP contribution in [0.4, 0.5) is 14.5 Å². The van der Waals surface area contributed by atoms with Gasteiger partial charge in [0.05, 0.1) is 7.11 Å². The number of guanidine groups is 1. The fraction of sp³-hybridized carbons (Fsp3) is 0.125. The molecular weight excluding hydrogens is 192 g/mol. The minimum absolute atomic E-state index is 0.0787. The molecular formula is C8H9F2N3O. The molecule has 0 unspecified atom stereocenters. The van der Waals surface area contributed by atoms with Crippen LogP contribution in [0.5, 0.6) is 5.75 Å². The fourth-order valence-corrected chi connectivity index (χ4v) is 0.971. The third-order valence-corrected chi connectivity index (χ3v) is 1.44. The molecule has 0 aliphatic heterocycles. The van der Waals surface area contributed by atoms with Crippen LogP contribution in [0.2, 0.25) is 0 Å². The fourth-order valence-electron chi connectivity index (χ4n) is 0.971. The monoisotopic (exact) mass is 201 g/mol. The summed E-state index contributed by atoms with van der Waals surface area (Å²) in [6.07, 6.45) is 0. The molecule has 76 valence electrons. The summed E-state index contributed by atoms with van der Waals surface area (Å²) in [5.41, 5.74) is 10.1. The van der Waals surface area contributed by atoms with Crippen LogP contribution in [0.25, 0.3) is 0 Å². The Morgan fingerprint density at radius 1 is 1.36 bits per heavy atom. The van der Waals surface area contributed by atoms with E-state index in [2.05, 4.69) is 9.73 Å². The largest absolute Gasteiger partial charge is 0.491 e. The van der Waals surface area contributed by atoms with Crippen LogP contribution >= 0.6 is 0 Å². The van der Waals surface area contributed by atoms with E-state index in [-0.39, 0.29) is 17.4 Å². The van der Waals surface area contributed by atoms with E-state index in [0.717, 1.165) is 6.07 Å². The molecule has 0 aromatic heterocycles. The summed E-state index contributed by atoms with van der Waals surface area (Å²) in [4.78, 5) is 3.52. The number of nitrogens with zero attached hydrogens (tertiary/aromatic N) is 1. The summed E-state index contributed by atoms with van der Waals surface area (Å²) >= 11 is 0. The van der Waals surface area contributed by atoms with Crippen molar-refractivity contribution in [3.8, 4) is 5.75 Å². The van der Waals surface area contributed by atoms with E-state index >= 15 is 0 Å². The van der Waals surface area contributed by atoms with Crippen molar-refractivity contribution in [2.24, 2.45) is 16.5 Å². The van der Waals surface area contributed by atoms with Crippen molar-refractivity contribution in [2.75, 3.05) is 7.11 Å². The van der Waals surface area contributed by atoms with Crippen LogP contribution in [0, 0.1) is 11.6 Å². The quantitative estimate of drug-likeness (QED) is 0.551. The molecule has 1 aromatic carbocycles. The standard InChI is InChI=1S/C8H9F2N3O/c1-14-7-5(10)2-4(9)3-6(7)13-8(11)12/h2-3H,1H3,(H4,11,12,13). The van der Waals surface area contributed by atoms with Gasteiger partial charge in [-0.2, -0.15) is 0 Å². The van der Waals surface area contributed by atoms with Gasteiger partial charge in [0.25, 0.3) is 0 Å². The van der Waals surface area contributed by atoms with Gasteiger partial charge in [-0.25, -0.2) is 13.8 Å². The molecule has 0 amide bonds. The molecule has 0 aliphatic carbocycles. The molecule has 14 heavy (non-hydrogen) atoms. The maximum atomic E-state index is 13.0. The molecule has 0 atom stereocenters. The first kappa shape index (κ1) is 10.2. The van der Waals surface area contributed by atoms with E-state index < -0.39 is 11.6 Å². The van der Waals surface area contributed by atoms with Crippen molar-refractivity contribution >= 4 is 11.6 Å². The summed E-state index contributed by atoms with van der Waals surface area (Å²) in [6.45, 7) is 0. The Hall–Kier alpha value is -1.85. The lowest BCUT2D eigenvalue weighted by molar-refractivity contribution is 0.385. The summed E-state index contributed by atoms with van der Waals surface area (Å²) in [6, 6.07) is 1.66. The number of rotatable bonds is 2. The first-order valence-corrected chi connectivity index (χ1v) is 3.67. The summed E-state index contributed by atoms with van der Waals surface area (Å²) in [5.74, 6) is -2.12. The van der Waals surface area contributed by atoms with E-state index in [0.29, 0.717) is 6.07 Å². The van der Waals surface area contributed by atoms with Crippen LogP contribution in [0.15, 0.2) is 17.1 Å². The molecule has 6 heteroatoms. The number of hydrogen-bond acceptors (Lipinski definition) is 2. The highest BCUT2D eigenvalue weighted by molar-refractivity contribution is 5.80. The van der Waals surface area contributed by atoms with E-state index in [1.807, 2.05) is 0 Å². The Kier molecular flexibility index (Phi) is 2.85. The van der Waals surface area contributed by atoms with Gasteiger partial charge < -0.3 is 16.2 Å². The van der Waals surface area contributed by atoms with Crippen LogP contribution in [0.1, 0.15) is 0 Å². The molecule has 0 saturated heterocycles. The van der Waals surface area contributed by atoms with E-state index in [1.165, 1.54) is 7.11 Å². The van der Waals surface area contributed by atoms with Gasteiger partial charge in [-0.05, 0) is 0 Å². The Labute approximate surface area is 79.2 Å². The van der Waals surface area contributed by atoms with Crippen LogP contribution in [0.3, 0.4) is 0 Å². The smallest absolute Gasteiger partial charge is 0.191 e. The number of ether oxygens (including phenoxy) is 1. The molecule has 0 bridgehead atoms. The molecule has 0 spiro atoms. The lowest BCUT2D eigenvalue weighted by atomic mass is 10.2. The Morgan fingerprint density at radius 2 is 2.00 bits per heavy atom.